The lowest BCUT2D eigenvalue weighted by atomic mass is 10.1. The predicted molar refractivity (Wildman–Crippen MR) is 130 cm³/mol. The number of hydrogen-bond acceptors (Lipinski definition) is 8. The van der Waals surface area contributed by atoms with E-state index in [-0.39, 0.29) is 13.2 Å². The summed E-state index contributed by atoms with van der Waals surface area (Å²) in [5.41, 5.74) is 4.69. The highest BCUT2D eigenvalue weighted by Crippen LogP contribution is 2.17. The first-order valence-electron chi connectivity index (χ1n) is 11.1. The molecule has 4 N–H and O–H groups in total. The number of pyridine rings is 1. The molecule has 3 rings (SSSR count). The summed E-state index contributed by atoms with van der Waals surface area (Å²) in [6.45, 7) is 6.82. The van der Waals surface area contributed by atoms with Crippen molar-refractivity contribution in [2.24, 2.45) is 5.73 Å². The maximum atomic E-state index is 12.6. The average molecular weight is 483 g/mol. The highest BCUT2D eigenvalue weighted by atomic mass is 16.6. The molecule has 2 amide bonds. The molecule has 0 aliphatic carbocycles. The van der Waals surface area contributed by atoms with Crippen molar-refractivity contribution in [3.63, 3.8) is 0 Å². The number of amides is 2. The molecule has 35 heavy (non-hydrogen) atoms. The number of rotatable bonds is 8. The van der Waals surface area contributed by atoms with Gasteiger partial charge in [0.1, 0.15) is 11.4 Å². The third-order valence-corrected chi connectivity index (χ3v) is 4.80. The lowest BCUT2D eigenvalue weighted by Gasteiger charge is -2.27. The minimum absolute atomic E-state index is 0.0331. The maximum Gasteiger partial charge on any atom is 0.416 e. The molecule has 0 saturated carbocycles. The molecule has 0 bridgehead atoms. The maximum absolute atomic E-state index is 12.6. The fourth-order valence-corrected chi connectivity index (χ4v) is 3.11. The van der Waals surface area contributed by atoms with Gasteiger partial charge in [-0.15, -0.1) is 0 Å². The minimum Gasteiger partial charge on any atom is -0.463 e. The summed E-state index contributed by atoms with van der Waals surface area (Å²) >= 11 is 0. The van der Waals surface area contributed by atoms with Crippen LogP contribution in [-0.4, -0.2) is 57.6 Å². The minimum atomic E-state index is -1.76. The third-order valence-electron chi connectivity index (χ3n) is 4.80. The van der Waals surface area contributed by atoms with Gasteiger partial charge in [-0.05, 0) is 64.4 Å². The zero-order valence-electron chi connectivity index (χ0n) is 20.2. The second kappa shape index (κ2) is 10.5. The van der Waals surface area contributed by atoms with Gasteiger partial charge in [0.2, 0.25) is 0 Å². The Morgan fingerprint density at radius 3 is 2.60 bits per heavy atom. The molecular formula is C24H30N6O5. The van der Waals surface area contributed by atoms with Crippen LogP contribution in [0, 0.1) is 0 Å². The van der Waals surface area contributed by atoms with Crippen LogP contribution in [0.1, 0.15) is 44.5 Å². The van der Waals surface area contributed by atoms with E-state index in [0.29, 0.717) is 17.8 Å². The van der Waals surface area contributed by atoms with Crippen LogP contribution >= 0.6 is 0 Å². The van der Waals surface area contributed by atoms with Crippen molar-refractivity contribution < 1.29 is 23.9 Å². The molecule has 0 unspecified atom stereocenters. The Hall–Kier alpha value is -3.99. The summed E-state index contributed by atoms with van der Waals surface area (Å²) in [5.74, 6) is -0.920. The summed E-state index contributed by atoms with van der Waals surface area (Å²) in [6, 6.07) is 10.1. The fourth-order valence-electron chi connectivity index (χ4n) is 3.11. The van der Waals surface area contributed by atoms with Crippen LogP contribution in [0.5, 0.6) is 0 Å². The molecule has 1 aromatic carbocycles. The number of nitrogens with one attached hydrogen (secondary N) is 2. The van der Waals surface area contributed by atoms with E-state index in [2.05, 4.69) is 20.5 Å². The zero-order chi connectivity index (χ0) is 25.6. The van der Waals surface area contributed by atoms with Crippen LogP contribution in [0.3, 0.4) is 0 Å². The molecule has 0 fully saturated rings. The van der Waals surface area contributed by atoms with Crippen LogP contribution in [-0.2, 0) is 14.3 Å². The third kappa shape index (κ3) is 7.00. The number of ether oxygens (including phenoxy) is 2. The number of nitrogens with zero attached hydrogens (tertiary/aromatic N) is 3. The Balaban J connectivity index is 1.55. The van der Waals surface area contributed by atoms with E-state index >= 15 is 0 Å². The molecule has 11 heteroatoms. The van der Waals surface area contributed by atoms with Crippen LogP contribution < -0.4 is 16.0 Å². The van der Waals surface area contributed by atoms with E-state index in [1.807, 2.05) is 0 Å². The van der Waals surface area contributed by atoms with Gasteiger partial charge in [-0.25, -0.2) is 14.6 Å². The van der Waals surface area contributed by atoms with E-state index < -0.39 is 29.2 Å². The van der Waals surface area contributed by atoms with Gasteiger partial charge < -0.3 is 14.8 Å². The molecule has 11 nitrogen and oxygen atoms in total. The second-order valence-electron chi connectivity index (χ2n) is 9.14. The SMILES string of the molecule is CC(C)(C)OC(=O)N(CCCOC(=O)[C@@](C)(N)NC(=O)c1ccc2[nH]ncc2c1)c1ccccn1. The monoisotopic (exact) mass is 482 g/mol. The van der Waals surface area contributed by atoms with Crippen LogP contribution in [0.25, 0.3) is 10.9 Å². The number of aromatic nitrogens is 3. The summed E-state index contributed by atoms with van der Waals surface area (Å²) < 4.78 is 10.7. The van der Waals surface area contributed by atoms with E-state index in [0.717, 1.165) is 10.9 Å². The molecule has 3 aromatic rings. The van der Waals surface area contributed by atoms with Crippen LogP contribution in [0.4, 0.5) is 10.6 Å². The normalized spacial score (nSPS) is 13.1. The van der Waals surface area contributed by atoms with Crippen molar-refractivity contribution in [3.05, 3.63) is 54.4 Å². The smallest absolute Gasteiger partial charge is 0.416 e. The number of hydrogen-bond donors (Lipinski definition) is 3. The highest BCUT2D eigenvalue weighted by molar-refractivity contribution is 6.00. The average Bonchev–Trinajstić information content (AvgIpc) is 3.26. The van der Waals surface area contributed by atoms with Crippen molar-refractivity contribution in [2.75, 3.05) is 18.1 Å². The molecular weight excluding hydrogens is 452 g/mol. The topological polar surface area (TPSA) is 153 Å². The molecule has 0 saturated heterocycles. The summed E-state index contributed by atoms with van der Waals surface area (Å²) in [4.78, 5) is 43.4. The fraction of sp³-hybridized carbons (Fsp3) is 0.375. The van der Waals surface area contributed by atoms with E-state index in [9.17, 15) is 14.4 Å². The van der Waals surface area contributed by atoms with E-state index in [4.69, 9.17) is 15.2 Å². The molecule has 0 aliphatic rings. The van der Waals surface area contributed by atoms with Crippen molar-refractivity contribution in [1.82, 2.24) is 20.5 Å². The number of aromatic amines is 1. The van der Waals surface area contributed by atoms with Gasteiger partial charge in [0.15, 0.2) is 5.66 Å². The summed E-state index contributed by atoms with van der Waals surface area (Å²) in [6.07, 6.45) is 2.89. The first-order chi connectivity index (χ1) is 16.5. The first-order valence-corrected chi connectivity index (χ1v) is 11.1. The number of fused-ring (bicyclic) bond motifs is 1. The van der Waals surface area contributed by atoms with Gasteiger partial charge >= 0.3 is 12.1 Å². The number of anilines is 1. The predicted octanol–water partition coefficient (Wildman–Crippen LogP) is 2.74. The number of esters is 1. The lowest BCUT2D eigenvalue weighted by molar-refractivity contribution is -0.150. The molecule has 0 spiro atoms. The van der Waals surface area contributed by atoms with Crippen molar-refractivity contribution in [3.8, 4) is 0 Å². The molecule has 2 heterocycles. The number of carbonyl (C=O) groups is 3. The number of carbonyl (C=O) groups excluding carboxylic acids is 3. The van der Waals surface area contributed by atoms with Crippen molar-refractivity contribution in [1.29, 1.82) is 0 Å². The molecule has 186 valence electrons. The Bertz CT molecular complexity index is 1190. The molecule has 1 atom stereocenters. The Kier molecular flexibility index (Phi) is 7.70. The molecule has 2 aromatic heterocycles. The standard InChI is InChI=1S/C24H30N6O5/c1-23(2,3)35-22(33)30(19-8-5-6-11-26-19)12-7-13-34-21(32)24(4,25)28-20(31)16-9-10-18-17(14-16)15-27-29-18/h5-6,8-11,14-15H,7,12-13,25H2,1-4H3,(H,27,29)(H,28,31)/t24-/m0/s1. The molecule has 0 aliphatic heterocycles. The van der Waals surface area contributed by atoms with Crippen LogP contribution in [0.2, 0.25) is 0 Å². The quantitative estimate of drug-likeness (QED) is 0.252. The zero-order valence-corrected chi connectivity index (χ0v) is 20.2. The number of H-pyrrole nitrogens is 1. The van der Waals surface area contributed by atoms with Gasteiger partial charge in [-0.3, -0.25) is 20.5 Å². The van der Waals surface area contributed by atoms with Crippen molar-refractivity contribution in [2.45, 2.75) is 45.4 Å². The Morgan fingerprint density at radius 2 is 1.91 bits per heavy atom. The van der Waals surface area contributed by atoms with E-state index in [1.54, 1.807) is 69.6 Å². The lowest BCUT2D eigenvalue weighted by Crippen LogP contribution is -2.60. The van der Waals surface area contributed by atoms with E-state index in [1.165, 1.54) is 11.8 Å². The first kappa shape index (κ1) is 25.6. The summed E-state index contributed by atoms with van der Waals surface area (Å²) in [5, 5.41) is 9.95. The van der Waals surface area contributed by atoms with Gasteiger partial charge in [-0.2, -0.15) is 5.10 Å². The molecule has 0 radical (unpaired) electrons. The number of benzene rings is 1. The highest BCUT2D eigenvalue weighted by Gasteiger charge is 2.32. The summed E-state index contributed by atoms with van der Waals surface area (Å²) in [7, 11) is 0. The van der Waals surface area contributed by atoms with Crippen LogP contribution in [0.15, 0.2) is 48.8 Å². The second-order valence-corrected chi connectivity index (χ2v) is 9.14. The Labute approximate surface area is 203 Å². The van der Waals surface area contributed by atoms with Crippen molar-refractivity contribution >= 4 is 34.7 Å². The Morgan fingerprint density at radius 1 is 1.14 bits per heavy atom. The number of nitrogens with two attached hydrogens (primary N) is 1. The largest absolute Gasteiger partial charge is 0.463 e. The van der Waals surface area contributed by atoms with Gasteiger partial charge in [0, 0.05) is 23.7 Å². The van der Waals surface area contributed by atoms with Gasteiger partial charge in [0.05, 0.1) is 18.3 Å². The van der Waals surface area contributed by atoms with Gasteiger partial charge in [-0.1, -0.05) is 6.07 Å². The van der Waals surface area contributed by atoms with Gasteiger partial charge in [0.25, 0.3) is 5.91 Å².